The number of benzene rings is 1. The molecule has 0 bridgehead atoms. The Balaban J connectivity index is 0.00000576. The van der Waals surface area contributed by atoms with Crippen molar-refractivity contribution in [1.29, 1.82) is 0 Å². The molecule has 0 aliphatic rings. The smallest absolute Gasteiger partial charge is 0.223 e. The van der Waals surface area contributed by atoms with Crippen molar-refractivity contribution in [1.82, 2.24) is 4.90 Å². The van der Waals surface area contributed by atoms with Crippen molar-refractivity contribution in [2.75, 3.05) is 13.6 Å². The van der Waals surface area contributed by atoms with E-state index in [0.717, 1.165) is 12.1 Å². The predicted molar refractivity (Wildman–Crippen MR) is 100.0 cm³/mol. The molecule has 1 rings (SSSR count). The Morgan fingerprint density at radius 2 is 1.72 bits per heavy atom. The lowest BCUT2D eigenvalue weighted by atomic mass is 10.0. The van der Waals surface area contributed by atoms with Gasteiger partial charge in [0.05, 0.1) is 10.1 Å². The maximum absolute atomic E-state index is 12.9. The second-order valence-electron chi connectivity index (χ2n) is 6.53. The Hall–Kier alpha value is -1.18. The van der Waals surface area contributed by atoms with Crippen LogP contribution in [-0.2, 0) is 14.6 Å². The first-order valence-corrected chi connectivity index (χ1v) is 9.59. The van der Waals surface area contributed by atoms with Gasteiger partial charge in [0.25, 0.3) is 0 Å². The second-order valence-corrected chi connectivity index (χ2v) is 8.89. The summed E-state index contributed by atoms with van der Waals surface area (Å²) in [5, 5.41) is -0.878. The van der Waals surface area contributed by atoms with Crippen LogP contribution in [-0.4, -0.2) is 44.1 Å². The van der Waals surface area contributed by atoms with E-state index in [1.165, 1.54) is 24.0 Å². The van der Waals surface area contributed by atoms with Crippen molar-refractivity contribution in [2.24, 2.45) is 11.7 Å². The van der Waals surface area contributed by atoms with Crippen LogP contribution in [0.4, 0.5) is 4.39 Å². The molecule has 144 valence electrons. The van der Waals surface area contributed by atoms with Crippen molar-refractivity contribution in [3.05, 3.63) is 30.1 Å². The van der Waals surface area contributed by atoms with Crippen LogP contribution in [0.5, 0.6) is 0 Å². The first-order valence-electron chi connectivity index (χ1n) is 8.04. The molecule has 0 aliphatic carbocycles. The highest BCUT2D eigenvalue weighted by Crippen LogP contribution is 2.19. The van der Waals surface area contributed by atoms with Crippen molar-refractivity contribution < 1.29 is 17.6 Å². The summed E-state index contributed by atoms with van der Waals surface area (Å²) in [6.45, 7) is 6.01. The van der Waals surface area contributed by atoms with Gasteiger partial charge >= 0.3 is 0 Å². The SMILES string of the molecule is CC(C)C(N)CCN(C)C(=O)CC(C)S(=O)(=O)c1ccc(F)cc1.Cl. The largest absolute Gasteiger partial charge is 0.346 e. The fraction of sp³-hybridized carbons (Fsp3) is 0.588. The Morgan fingerprint density at radius 3 is 2.20 bits per heavy atom. The predicted octanol–water partition coefficient (Wildman–Crippen LogP) is 2.63. The quantitative estimate of drug-likeness (QED) is 0.687. The zero-order valence-corrected chi connectivity index (χ0v) is 16.7. The highest BCUT2D eigenvalue weighted by atomic mass is 35.5. The number of halogens is 2. The molecule has 8 heteroatoms. The summed E-state index contributed by atoms with van der Waals surface area (Å²) in [6.07, 6.45) is 0.548. The van der Waals surface area contributed by atoms with Gasteiger partial charge in [0.15, 0.2) is 9.84 Å². The van der Waals surface area contributed by atoms with Crippen LogP contribution in [0.3, 0.4) is 0 Å². The zero-order chi connectivity index (χ0) is 18.5. The summed E-state index contributed by atoms with van der Waals surface area (Å²) in [5.74, 6) is -0.422. The van der Waals surface area contributed by atoms with Crippen LogP contribution in [0.25, 0.3) is 0 Å². The highest BCUT2D eigenvalue weighted by molar-refractivity contribution is 7.92. The van der Waals surface area contributed by atoms with E-state index >= 15 is 0 Å². The van der Waals surface area contributed by atoms with Gasteiger partial charge in [0, 0.05) is 26.1 Å². The lowest BCUT2D eigenvalue weighted by Crippen LogP contribution is -2.36. The molecular weight excluding hydrogens is 367 g/mol. The van der Waals surface area contributed by atoms with Crippen molar-refractivity contribution in [3.8, 4) is 0 Å². The summed E-state index contributed by atoms with van der Waals surface area (Å²) in [5.41, 5.74) is 5.96. The number of sulfone groups is 1. The molecule has 25 heavy (non-hydrogen) atoms. The number of amides is 1. The third kappa shape index (κ3) is 6.92. The number of rotatable bonds is 8. The summed E-state index contributed by atoms with van der Waals surface area (Å²) in [4.78, 5) is 13.8. The number of nitrogens with two attached hydrogens (primary N) is 1. The Kier molecular flexibility index (Phi) is 9.61. The van der Waals surface area contributed by atoms with Gasteiger partial charge in [-0.1, -0.05) is 13.8 Å². The number of hydrogen-bond acceptors (Lipinski definition) is 4. The summed E-state index contributed by atoms with van der Waals surface area (Å²) < 4.78 is 37.8. The molecule has 0 spiro atoms. The third-order valence-corrected chi connectivity index (χ3v) is 6.37. The number of carbonyl (C=O) groups is 1. The average Bonchev–Trinajstić information content (AvgIpc) is 2.52. The van der Waals surface area contributed by atoms with Crippen LogP contribution < -0.4 is 5.73 Å². The lowest BCUT2D eigenvalue weighted by molar-refractivity contribution is -0.129. The third-order valence-electron chi connectivity index (χ3n) is 4.21. The van der Waals surface area contributed by atoms with E-state index in [1.807, 2.05) is 13.8 Å². The van der Waals surface area contributed by atoms with Gasteiger partial charge in [-0.2, -0.15) is 0 Å². The van der Waals surface area contributed by atoms with Gasteiger partial charge in [-0.05, 0) is 43.5 Å². The van der Waals surface area contributed by atoms with Gasteiger partial charge in [-0.25, -0.2) is 12.8 Å². The number of carbonyl (C=O) groups excluding carboxylic acids is 1. The molecule has 2 N–H and O–H groups in total. The summed E-state index contributed by atoms with van der Waals surface area (Å²) >= 11 is 0. The molecule has 0 heterocycles. The molecule has 1 amide bonds. The van der Waals surface area contributed by atoms with Crippen molar-refractivity contribution in [2.45, 2.75) is 49.8 Å². The van der Waals surface area contributed by atoms with Crippen molar-refractivity contribution >= 4 is 28.2 Å². The van der Waals surface area contributed by atoms with Crippen LogP contribution in [0.15, 0.2) is 29.2 Å². The van der Waals surface area contributed by atoms with E-state index in [1.54, 1.807) is 7.05 Å². The minimum atomic E-state index is -3.67. The minimum Gasteiger partial charge on any atom is -0.346 e. The lowest BCUT2D eigenvalue weighted by Gasteiger charge is -2.23. The topological polar surface area (TPSA) is 80.5 Å². The first-order chi connectivity index (χ1) is 11.1. The molecule has 0 aliphatic heterocycles. The van der Waals surface area contributed by atoms with Crippen LogP contribution in [0.2, 0.25) is 0 Å². The van der Waals surface area contributed by atoms with Gasteiger partial charge < -0.3 is 10.6 Å². The number of hydrogen-bond donors (Lipinski definition) is 1. The normalized spacial score (nSPS) is 13.9. The maximum Gasteiger partial charge on any atom is 0.223 e. The maximum atomic E-state index is 12.9. The molecule has 5 nitrogen and oxygen atoms in total. The van der Waals surface area contributed by atoms with E-state index in [0.29, 0.717) is 18.9 Å². The van der Waals surface area contributed by atoms with E-state index < -0.39 is 20.9 Å². The fourth-order valence-electron chi connectivity index (χ4n) is 2.17. The molecule has 2 unspecified atom stereocenters. The van der Waals surface area contributed by atoms with Gasteiger partial charge in [-0.3, -0.25) is 4.79 Å². The van der Waals surface area contributed by atoms with E-state index in [2.05, 4.69) is 0 Å². The molecule has 0 saturated heterocycles. The summed E-state index contributed by atoms with van der Waals surface area (Å²) in [6, 6.07) is 4.64. The van der Waals surface area contributed by atoms with Gasteiger partial charge in [0.1, 0.15) is 5.82 Å². The minimum absolute atomic E-state index is 0. The van der Waals surface area contributed by atoms with E-state index in [9.17, 15) is 17.6 Å². The molecule has 1 aromatic carbocycles. The van der Waals surface area contributed by atoms with E-state index in [4.69, 9.17) is 5.73 Å². The zero-order valence-electron chi connectivity index (χ0n) is 15.1. The van der Waals surface area contributed by atoms with Crippen molar-refractivity contribution in [3.63, 3.8) is 0 Å². The molecule has 0 fully saturated rings. The molecular formula is C17H28ClFN2O3S. The Bertz CT molecular complexity index is 650. The number of nitrogens with zero attached hydrogens (tertiary/aromatic N) is 1. The fourth-order valence-corrected chi connectivity index (χ4v) is 3.51. The first kappa shape index (κ1) is 23.8. The van der Waals surface area contributed by atoms with Crippen LogP contribution >= 0.6 is 12.4 Å². The summed E-state index contributed by atoms with van der Waals surface area (Å²) in [7, 11) is -2.02. The van der Waals surface area contributed by atoms with Gasteiger partial charge in [0.2, 0.25) is 5.91 Å². The highest BCUT2D eigenvalue weighted by Gasteiger charge is 2.27. The molecule has 0 saturated carbocycles. The monoisotopic (exact) mass is 394 g/mol. The van der Waals surface area contributed by atoms with Crippen LogP contribution in [0, 0.1) is 11.7 Å². The second kappa shape index (κ2) is 10.1. The standard InChI is InChI=1S/C17H27FN2O3S.ClH/c1-12(2)16(19)9-10-20(4)17(21)11-13(3)24(22,23)15-7-5-14(18)6-8-15;/h5-8,12-13,16H,9-11,19H2,1-4H3;1H. The molecule has 1 aromatic rings. The van der Waals surface area contributed by atoms with Crippen LogP contribution in [0.1, 0.15) is 33.6 Å². The van der Waals surface area contributed by atoms with E-state index in [-0.39, 0.29) is 35.7 Å². The average molecular weight is 395 g/mol. The molecule has 2 atom stereocenters. The molecule has 0 radical (unpaired) electrons. The van der Waals surface area contributed by atoms with Gasteiger partial charge in [-0.15, -0.1) is 12.4 Å². The Morgan fingerprint density at radius 1 is 1.20 bits per heavy atom. The molecule has 0 aromatic heterocycles. The Labute approximate surface area is 156 Å².